The second-order valence-corrected chi connectivity index (χ2v) is 8.55. The lowest BCUT2D eigenvalue weighted by atomic mass is 10.0. The minimum absolute atomic E-state index is 0.126. The number of aliphatic imine (C=N–C) groups is 1. The Balaban J connectivity index is 2.44. The van der Waals surface area contributed by atoms with E-state index in [0.29, 0.717) is 24.5 Å². The Hall–Kier alpha value is -0.860. The van der Waals surface area contributed by atoms with E-state index in [-0.39, 0.29) is 11.5 Å². The summed E-state index contributed by atoms with van der Waals surface area (Å²) in [6, 6.07) is 0.400. The number of hydrogen-bond acceptors (Lipinski definition) is 5. The zero-order valence-electron chi connectivity index (χ0n) is 14.8. The fourth-order valence-electron chi connectivity index (χ4n) is 2.59. The number of sulfone groups is 1. The first-order valence-corrected chi connectivity index (χ1v) is 10.2. The molecule has 1 saturated heterocycles. The first-order chi connectivity index (χ1) is 10.9. The van der Waals surface area contributed by atoms with Gasteiger partial charge in [-0.05, 0) is 5.92 Å². The van der Waals surface area contributed by atoms with Crippen LogP contribution in [0.15, 0.2) is 4.99 Å². The lowest BCUT2D eigenvalue weighted by Crippen LogP contribution is -2.52. The maximum absolute atomic E-state index is 11.5. The molecule has 7 nitrogen and oxygen atoms in total. The summed E-state index contributed by atoms with van der Waals surface area (Å²) in [5, 5.41) is 6.39. The molecular formula is C15H32N4O3S. The molecule has 1 aliphatic heterocycles. The van der Waals surface area contributed by atoms with Crippen LogP contribution in [0.3, 0.4) is 0 Å². The van der Waals surface area contributed by atoms with E-state index in [1.807, 2.05) is 0 Å². The number of rotatable bonds is 8. The summed E-state index contributed by atoms with van der Waals surface area (Å²) < 4.78 is 28.4. The van der Waals surface area contributed by atoms with Crippen molar-refractivity contribution in [2.75, 3.05) is 57.9 Å². The maximum atomic E-state index is 11.5. The molecule has 0 radical (unpaired) electrons. The molecule has 0 aromatic heterocycles. The van der Waals surface area contributed by atoms with Crippen molar-refractivity contribution in [3.05, 3.63) is 0 Å². The zero-order chi connectivity index (χ0) is 17.3. The van der Waals surface area contributed by atoms with E-state index < -0.39 is 9.84 Å². The highest BCUT2D eigenvalue weighted by Crippen LogP contribution is 2.12. The zero-order valence-corrected chi connectivity index (χ0v) is 15.7. The Kier molecular flexibility index (Phi) is 8.86. The highest BCUT2D eigenvalue weighted by atomic mass is 32.2. The van der Waals surface area contributed by atoms with Gasteiger partial charge in [0, 0.05) is 45.0 Å². The molecule has 23 heavy (non-hydrogen) atoms. The molecule has 8 heteroatoms. The molecule has 0 aliphatic carbocycles. The van der Waals surface area contributed by atoms with Crippen molar-refractivity contribution in [1.29, 1.82) is 0 Å². The molecule has 1 aliphatic rings. The summed E-state index contributed by atoms with van der Waals surface area (Å²) in [6.45, 7) is 10.7. The van der Waals surface area contributed by atoms with E-state index in [1.54, 1.807) is 14.0 Å². The van der Waals surface area contributed by atoms with Crippen LogP contribution in [0.25, 0.3) is 0 Å². The van der Waals surface area contributed by atoms with Gasteiger partial charge in [-0.3, -0.25) is 9.89 Å². The maximum Gasteiger partial charge on any atom is 0.191 e. The second-order valence-electron chi connectivity index (χ2n) is 6.08. The molecule has 2 N–H and O–H groups in total. The number of hydrogen-bond donors (Lipinski definition) is 2. The Morgan fingerprint density at radius 1 is 1.26 bits per heavy atom. The van der Waals surface area contributed by atoms with E-state index in [4.69, 9.17) is 4.74 Å². The van der Waals surface area contributed by atoms with Gasteiger partial charge in [0.25, 0.3) is 0 Å². The number of guanidine groups is 1. The molecule has 136 valence electrons. The predicted molar refractivity (Wildman–Crippen MR) is 94.7 cm³/mol. The van der Waals surface area contributed by atoms with Crippen molar-refractivity contribution in [1.82, 2.24) is 15.5 Å². The van der Waals surface area contributed by atoms with Crippen molar-refractivity contribution in [2.45, 2.75) is 26.8 Å². The Bertz CT molecular complexity index is 459. The van der Waals surface area contributed by atoms with E-state index in [2.05, 4.69) is 34.4 Å². The van der Waals surface area contributed by atoms with Crippen LogP contribution < -0.4 is 10.6 Å². The molecule has 0 bridgehead atoms. The Morgan fingerprint density at radius 3 is 2.43 bits per heavy atom. The van der Waals surface area contributed by atoms with E-state index in [0.717, 1.165) is 32.8 Å². The minimum Gasteiger partial charge on any atom is -0.379 e. The van der Waals surface area contributed by atoms with Crippen LogP contribution in [-0.2, 0) is 14.6 Å². The monoisotopic (exact) mass is 348 g/mol. The standard InChI is InChI=1S/C15H32N4O3S/c1-5-23(20,21)11-6-17-15(16-4)18-12-14(13(2)3)19-7-9-22-10-8-19/h13-14H,5-12H2,1-4H3,(H2,16,17,18). The van der Waals surface area contributed by atoms with Crippen LogP contribution in [0, 0.1) is 5.92 Å². The van der Waals surface area contributed by atoms with Gasteiger partial charge in [-0.15, -0.1) is 0 Å². The Morgan fingerprint density at radius 2 is 1.91 bits per heavy atom. The molecule has 0 amide bonds. The van der Waals surface area contributed by atoms with Crippen LogP contribution in [0.1, 0.15) is 20.8 Å². The van der Waals surface area contributed by atoms with E-state index in [1.165, 1.54) is 0 Å². The van der Waals surface area contributed by atoms with Crippen LogP contribution in [-0.4, -0.2) is 83.3 Å². The highest BCUT2D eigenvalue weighted by molar-refractivity contribution is 7.91. The molecule has 0 saturated carbocycles. The third-order valence-corrected chi connectivity index (χ3v) is 5.84. The van der Waals surface area contributed by atoms with Gasteiger partial charge in [0.1, 0.15) is 0 Å². The van der Waals surface area contributed by atoms with E-state index >= 15 is 0 Å². The van der Waals surface area contributed by atoms with Gasteiger partial charge in [0.15, 0.2) is 15.8 Å². The smallest absolute Gasteiger partial charge is 0.191 e. The highest BCUT2D eigenvalue weighted by Gasteiger charge is 2.23. The number of nitrogens with one attached hydrogen (secondary N) is 2. The van der Waals surface area contributed by atoms with Crippen LogP contribution in [0.2, 0.25) is 0 Å². The van der Waals surface area contributed by atoms with Crippen LogP contribution in [0.4, 0.5) is 0 Å². The number of ether oxygens (including phenoxy) is 1. The molecule has 1 unspecified atom stereocenters. The summed E-state index contributed by atoms with van der Waals surface area (Å²) in [5.41, 5.74) is 0. The first kappa shape index (κ1) is 20.2. The number of morpholine rings is 1. The van der Waals surface area contributed by atoms with Crippen molar-refractivity contribution < 1.29 is 13.2 Å². The van der Waals surface area contributed by atoms with E-state index in [9.17, 15) is 8.42 Å². The van der Waals surface area contributed by atoms with Gasteiger partial charge in [-0.2, -0.15) is 0 Å². The predicted octanol–water partition coefficient (Wildman–Crippen LogP) is -0.0571. The van der Waals surface area contributed by atoms with Gasteiger partial charge in [-0.25, -0.2) is 8.42 Å². The average molecular weight is 349 g/mol. The summed E-state index contributed by atoms with van der Waals surface area (Å²) in [4.78, 5) is 6.61. The molecule has 1 atom stereocenters. The van der Waals surface area contributed by atoms with Crippen LogP contribution in [0.5, 0.6) is 0 Å². The SMILES string of the molecule is CCS(=O)(=O)CCNC(=NC)NCC(C(C)C)N1CCOCC1. The van der Waals surface area contributed by atoms with Gasteiger partial charge >= 0.3 is 0 Å². The van der Waals surface area contributed by atoms with Crippen LogP contribution >= 0.6 is 0 Å². The summed E-state index contributed by atoms with van der Waals surface area (Å²) in [5.74, 6) is 1.46. The van der Waals surface area contributed by atoms with Crippen molar-refractivity contribution in [3.63, 3.8) is 0 Å². The third kappa shape index (κ3) is 7.50. The largest absolute Gasteiger partial charge is 0.379 e. The fraction of sp³-hybridized carbons (Fsp3) is 0.933. The molecule has 0 aromatic rings. The van der Waals surface area contributed by atoms with Crippen molar-refractivity contribution in [2.24, 2.45) is 10.9 Å². The molecule has 0 aromatic carbocycles. The van der Waals surface area contributed by atoms with Crippen molar-refractivity contribution >= 4 is 15.8 Å². The first-order valence-electron chi connectivity index (χ1n) is 8.36. The topological polar surface area (TPSA) is 83.0 Å². The number of nitrogens with zero attached hydrogens (tertiary/aromatic N) is 2. The molecule has 1 rings (SSSR count). The second kappa shape index (κ2) is 10.1. The molecular weight excluding hydrogens is 316 g/mol. The third-order valence-electron chi connectivity index (χ3n) is 4.13. The normalized spacial score (nSPS) is 18.9. The lowest BCUT2D eigenvalue weighted by molar-refractivity contribution is 0.00752. The molecule has 0 spiro atoms. The van der Waals surface area contributed by atoms with Gasteiger partial charge in [-0.1, -0.05) is 20.8 Å². The lowest BCUT2D eigenvalue weighted by Gasteiger charge is -2.37. The van der Waals surface area contributed by atoms with Gasteiger partial charge in [0.2, 0.25) is 0 Å². The van der Waals surface area contributed by atoms with Gasteiger partial charge in [0.05, 0.1) is 19.0 Å². The Labute approximate surface area is 140 Å². The summed E-state index contributed by atoms with van der Waals surface area (Å²) in [6.07, 6.45) is 0. The average Bonchev–Trinajstić information content (AvgIpc) is 2.54. The summed E-state index contributed by atoms with van der Waals surface area (Å²) >= 11 is 0. The summed E-state index contributed by atoms with van der Waals surface area (Å²) in [7, 11) is -1.26. The fourth-order valence-corrected chi connectivity index (χ4v) is 3.29. The van der Waals surface area contributed by atoms with Gasteiger partial charge < -0.3 is 15.4 Å². The van der Waals surface area contributed by atoms with Crippen molar-refractivity contribution in [3.8, 4) is 0 Å². The molecule has 1 heterocycles. The molecule has 1 fully saturated rings. The quantitative estimate of drug-likeness (QED) is 0.472. The minimum atomic E-state index is -2.95.